The van der Waals surface area contributed by atoms with Crippen molar-refractivity contribution in [3.8, 4) is 11.4 Å². The SMILES string of the molecule is COCCNCc1cnc(-c2ccc(Cl)cc2)[nH]1. The van der Waals surface area contributed by atoms with Gasteiger partial charge in [0.15, 0.2) is 0 Å². The van der Waals surface area contributed by atoms with Crippen LogP contribution in [-0.2, 0) is 11.3 Å². The van der Waals surface area contributed by atoms with E-state index in [9.17, 15) is 0 Å². The predicted octanol–water partition coefficient (Wildman–Crippen LogP) is 2.47. The second-order valence-corrected chi connectivity index (χ2v) is 4.37. The van der Waals surface area contributed by atoms with Gasteiger partial charge in [-0.1, -0.05) is 11.6 Å². The van der Waals surface area contributed by atoms with Gasteiger partial charge in [0.2, 0.25) is 0 Å². The number of halogens is 1. The lowest BCUT2D eigenvalue weighted by atomic mass is 10.2. The molecule has 1 aromatic heterocycles. The number of nitrogens with zero attached hydrogens (tertiary/aromatic N) is 1. The summed E-state index contributed by atoms with van der Waals surface area (Å²) in [5.74, 6) is 0.857. The van der Waals surface area contributed by atoms with Gasteiger partial charge >= 0.3 is 0 Å². The molecule has 0 atom stereocenters. The maximum atomic E-state index is 5.85. The molecule has 2 rings (SSSR count). The highest BCUT2D eigenvalue weighted by molar-refractivity contribution is 6.30. The molecule has 0 spiro atoms. The lowest BCUT2D eigenvalue weighted by Gasteiger charge is -2.01. The van der Waals surface area contributed by atoms with Crippen LogP contribution in [0.1, 0.15) is 5.69 Å². The normalized spacial score (nSPS) is 10.8. The van der Waals surface area contributed by atoms with Crippen LogP contribution < -0.4 is 5.32 Å². The first-order valence-corrected chi connectivity index (χ1v) is 6.17. The van der Waals surface area contributed by atoms with Crippen molar-refractivity contribution in [2.24, 2.45) is 0 Å². The van der Waals surface area contributed by atoms with Gasteiger partial charge in [-0.3, -0.25) is 0 Å². The summed E-state index contributed by atoms with van der Waals surface area (Å²) in [7, 11) is 1.69. The van der Waals surface area contributed by atoms with Crippen molar-refractivity contribution < 1.29 is 4.74 Å². The summed E-state index contributed by atoms with van der Waals surface area (Å²) in [6.45, 7) is 2.29. The zero-order valence-electron chi connectivity index (χ0n) is 10.2. The Hall–Kier alpha value is -1.36. The molecule has 0 amide bonds. The highest BCUT2D eigenvalue weighted by Gasteiger charge is 2.03. The Balaban J connectivity index is 1.95. The topological polar surface area (TPSA) is 49.9 Å². The molecule has 1 heterocycles. The van der Waals surface area contributed by atoms with Crippen molar-refractivity contribution in [2.45, 2.75) is 6.54 Å². The lowest BCUT2D eigenvalue weighted by molar-refractivity contribution is 0.199. The van der Waals surface area contributed by atoms with Crippen molar-refractivity contribution >= 4 is 11.6 Å². The summed E-state index contributed by atoms with van der Waals surface area (Å²) in [4.78, 5) is 7.61. The van der Waals surface area contributed by atoms with Crippen LogP contribution in [0.3, 0.4) is 0 Å². The molecule has 0 radical (unpaired) electrons. The van der Waals surface area contributed by atoms with Gasteiger partial charge in [0.05, 0.1) is 6.61 Å². The number of H-pyrrole nitrogens is 1. The van der Waals surface area contributed by atoms with Crippen LogP contribution in [0.25, 0.3) is 11.4 Å². The largest absolute Gasteiger partial charge is 0.383 e. The van der Waals surface area contributed by atoms with Gasteiger partial charge in [-0.25, -0.2) is 4.98 Å². The monoisotopic (exact) mass is 265 g/mol. The summed E-state index contributed by atoms with van der Waals surface area (Å²) in [6, 6.07) is 7.61. The average Bonchev–Trinajstić information content (AvgIpc) is 2.84. The Labute approximate surface area is 111 Å². The van der Waals surface area contributed by atoms with Crippen LogP contribution in [0.4, 0.5) is 0 Å². The maximum Gasteiger partial charge on any atom is 0.137 e. The number of hydrogen-bond acceptors (Lipinski definition) is 3. The molecule has 2 N–H and O–H groups in total. The first-order valence-electron chi connectivity index (χ1n) is 5.79. The Kier molecular flexibility index (Phi) is 4.75. The number of methoxy groups -OCH3 is 1. The van der Waals surface area contributed by atoms with Gasteiger partial charge in [-0.05, 0) is 24.3 Å². The first-order chi connectivity index (χ1) is 8.79. The molecular formula is C13H16ClN3O. The molecule has 2 aromatic rings. The molecule has 0 fully saturated rings. The number of ether oxygens (including phenoxy) is 1. The van der Waals surface area contributed by atoms with Crippen LogP contribution in [-0.4, -0.2) is 30.2 Å². The van der Waals surface area contributed by atoms with Crippen molar-refractivity contribution in [3.05, 3.63) is 41.2 Å². The number of rotatable bonds is 6. The second kappa shape index (κ2) is 6.54. The van der Waals surface area contributed by atoms with Gasteiger partial charge in [0.1, 0.15) is 5.82 Å². The second-order valence-electron chi connectivity index (χ2n) is 3.93. The molecular weight excluding hydrogens is 250 g/mol. The minimum atomic E-state index is 0.707. The lowest BCUT2D eigenvalue weighted by Crippen LogP contribution is -2.18. The maximum absolute atomic E-state index is 5.85. The third kappa shape index (κ3) is 3.57. The van der Waals surface area contributed by atoms with E-state index < -0.39 is 0 Å². The number of aromatic nitrogens is 2. The van der Waals surface area contributed by atoms with Gasteiger partial charge < -0.3 is 15.0 Å². The molecule has 0 saturated carbocycles. The van der Waals surface area contributed by atoms with Crippen molar-refractivity contribution in [2.75, 3.05) is 20.3 Å². The van der Waals surface area contributed by atoms with Crippen LogP contribution in [0.15, 0.2) is 30.5 Å². The van der Waals surface area contributed by atoms with E-state index in [-0.39, 0.29) is 0 Å². The summed E-state index contributed by atoms with van der Waals surface area (Å²) in [6.07, 6.45) is 1.84. The molecule has 4 nitrogen and oxygen atoms in total. The van der Waals surface area contributed by atoms with E-state index in [1.807, 2.05) is 30.5 Å². The number of nitrogens with one attached hydrogen (secondary N) is 2. The van der Waals surface area contributed by atoms with Gasteiger partial charge in [0.25, 0.3) is 0 Å². The number of benzene rings is 1. The minimum Gasteiger partial charge on any atom is -0.383 e. The van der Waals surface area contributed by atoms with E-state index in [2.05, 4.69) is 15.3 Å². The molecule has 0 aliphatic rings. The van der Waals surface area contributed by atoms with Gasteiger partial charge in [0, 0.05) is 42.7 Å². The van der Waals surface area contributed by atoms with Crippen molar-refractivity contribution in [3.63, 3.8) is 0 Å². The number of imidazole rings is 1. The molecule has 0 bridgehead atoms. The van der Waals surface area contributed by atoms with E-state index in [0.29, 0.717) is 6.61 Å². The van der Waals surface area contributed by atoms with Crippen LogP contribution in [0, 0.1) is 0 Å². The molecule has 0 unspecified atom stereocenters. The smallest absolute Gasteiger partial charge is 0.137 e. The summed E-state index contributed by atoms with van der Waals surface area (Å²) >= 11 is 5.85. The molecule has 0 saturated heterocycles. The van der Waals surface area contributed by atoms with Gasteiger partial charge in [-0.2, -0.15) is 0 Å². The van der Waals surface area contributed by atoms with E-state index in [4.69, 9.17) is 16.3 Å². The molecule has 0 aliphatic carbocycles. The number of aromatic amines is 1. The summed E-state index contributed by atoms with van der Waals surface area (Å²) < 4.78 is 4.96. The van der Waals surface area contributed by atoms with E-state index in [1.54, 1.807) is 7.11 Å². The van der Waals surface area contributed by atoms with Crippen molar-refractivity contribution in [1.29, 1.82) is 0 Å². The third-order valence-electron chi connectivity index (χ3n) is 2.54. The standard InChI is InChI=1S/C13H16ClN3O/c1-18-7-6-15-8-12-9-16-13(17-12)10-2-4-11(14)5-3-10/h2-5,9,15H,6-8H2,1H3,(H,16,17). The molecule has 1 aromatic carbocycles. The zero-order valence-corrected chi connectivity index (χ0v) is 11.0. The van der Waals surface area contributed by atoms with E-state index >= 15 is 0 Å². The fourth-order valence-corrected chi connectivity index (χ4v) is 1.73. The fourth-order valence-electron chi connectivity index (χ4n) is 1.60. The highest BCUT2D eigenvalue weighted by Crippen LogP contribution is 2.18. The fraction of sp³-hybridized carbons (Fsp3) is 0.308. The predicted molar refractivity (Wildman–Crippen MR) is 72.6 cm³/mol. The van der Waals surface area contributed by atoms with Crippen LogP contribution in [0.5, 0.6) is 0 Å². The Morgan fingerprint density at radius 1 is 1.33 bits per heavy atom. The quantitative estimate of drug-likeness (QED) is 0.789. The molecule has 0 aliphatic heterocycles. The average molecular weight is 266 g/mol. The minimum absolute atomic E-state index is 0.707. The highest BCUT2D eigenvalue weighted by atomic mass is 35.5. The van der Waals surface area contributed by atoms with Crippen LogP contribution in [0.2, 0.25) is 5.02 Å². The molecule has 5 heteroatoms. The zero-order chi connectivity index (χ0) is 12.8. The third-order valence-corrected chi connectivity index (χ3v) is 2.80. The molecule has 96 valence electrons. The van der Waals surface area contributed by atoms with E-state index in [0.717, 1.165) is 35.2 Å². The van der Waals surface area contributed by atoms with Gasteiger partial charge in [-0.15, -0.1) is 0 Å². The Bertz CT molecular complexity index is 481. The van der Waals surface area contributed by atoms with E-state index in [1.165, 1.54) is 0 Å². The first kappa shape index (κ1) is 13.1. The van der Waals surface area contributed by atoms with Crippen molar-refractivity contribution in [1.82, 2.24) is 15.3 Å². The molecule has 18 heavy (non-hydrogen) atoms. The Morgan fingerprint density at radius 2 is 2.11 bits per heavy atom. The summed E-state index contributed by atoms with van der Waals surface area (Å²) in [5, 5.41) is 3.99. The Morgan fingerprint density at radius 3 is 2.83 bits per heavy atom. The summed E-state index contributed by atoms with van der Waals surface area (Å²) in [5.41, 5.74) is 2.08. The number of hydrogen-bond donors (Lipinski definition) is 2. The van der Waals surface area contributed by atoms with Crippen LogP contribution >= 0.6 is 11.6 Å².